The van der Waals surface area contributed by atoms with Crippen LogP contribution in [-0.4, -0.2) is 42.0 Å². The predicted molar refractivity (Wildman–Crippen MR) is 83.3 cm³/mol. The van der Waals surface area contributed by atoms with Crippen LogP contribution in [-0.2, 0) is 11.3 Å². The van der Waals surface area contributed by atoms with Crippen molar-refractivity contribution in [1.82, 2.24) is 4.98 Å². The van der Waals surface area contributed by atoms with E-state index in [1.165, 1.54) is 0 Å². The highest BCUT2D eigenvalue weighted by Gasteiger charge is 2.27. The molecule has 3 N–H and O–H groups in total. The zero-order valence-electron chi connectivity index (χ0n) is 12.2. The van der Waals surface area contributed by atoms with Crippen LogP contribution in [0.1, 0.15) is 12.5 Å². The van der Waals surface area contributed by atoms with Crippen LogP contribution in [0.3, 0.4) is 0 Å². The minimum absolute atomic E-state index is 0.0296. The molecule has 0 radical (unpaired) electrons. The van der Waals surface area contributed by atoms with Gasteiger partial charge in [0.15, 0.2) is 0 Å². The summed E-state index contributed by atoms with van der Waals surface area (Å²) in [6.07, 6.45) is 1.77. The van der Waals surface area contributed by atoms with Crippen molar-refractivity contribution in [2.24, 2.45) is 5.73 Å². The minimum Gasteiger partial charge on any atom is -0.394 e. The van der Waals surface area contributed by atoms with E-state index in [2.05, 4.69) is 16.0 Å². The molecule has 0 amide bonds. The molecule has 1 saturated heterocycles. The van der Waals surface area contributed by atoms with Gasteiger partial charge in [-0.05, 0) is 13.0 Å². The lowest BCUT2D eigenvalue weighted by Crippen LogP contribution is -2.48. The molecular weight excluding hydrogens is 266 g/mol. The lowest BCUT2D eigenvalue weighted by Gasteiger charge is -2.38. The third-order valence-electron chi connectivity index (χ3n) is 3.89. The number of aromatic nitrogens is 1. The number of nitrogens with two attached hydrogens (primary N) is 1. The van der Waals surface area contributed by atoms with Crippen LogP contribution >= 0.6 is 0 Å². The second-order valence-corrected chi connectivity index (χ2v) is 5.51. The number of fused-ring (bicyclic) bond motifs is 1. The molecule has 112 valence electrons. The molecule has 1 aliphatic heterocycles. The van der Waals surface area contributed by atoms with E-state index in [9.17, 15) is 5.11 Å². The van der Waals surface area contributed by atoms with Crippen LogP contribution < -0.4 is 10.6 Å². The van der Waals surface area contributed by atoms with E-state index >= 15 is 0 Å². The van der Waals surface area contributed by atoms with Crippen LogP contribution in [0.25, 0.3) is 10.9 Å². The van der Waals surface area contributed by atoms with Gasteiger partial charge in [0.25, 0.3) is 0 Å². The van der Waals surface area contributed by atoms with Crippen LogP contribution in [0.5, 0.6) is 0 Å². The fourth-order valence-corrected chi connectivity index (χ4v) is 3.02. The second-order valence-electron chi connectivity index (χ2n) is 5.51. The molecule has 0 aliphatic carbocycles. The van der Waals surface area contributed by atoms with Crippen molar-refractivity contribution < 1.29 is 9.84 Å². The molecule has 2 atom stereocenters. The number of morpholine rings is 1. The van der Waals surface area contributed by atoms with E-state index in [-0.39, 0.29) is 18.8 Å². The standard InChI is InChI=1S/C16H21N3O2/c1-11-8-19(9-13(10-20)21-11)16-12(6-17)7-18-15-5-3-2-4-14(15)16/h2-5,7,11,13,20H,6,8-10,17H2,1H3. The lowest BCUT2D eigenvalue weighted by molar-refractivity contribution is -0.0420. The van der Waals surface area contributed by atoms with Crippen molar-refractivity contribution in [2.75, 3.05) is 24.6 Å². The zero-order chi connectivity index (χ0) is 14.8. The van der Waals surface area contributed by atoms with Gasteiger partial charge in [0.05, 0.1) is 30.0 Å². The maximum Gasteiger partial charge on any atom is 0.0984 e. The Morgan fingerprint density at radius 3 is 2.95 bits per heavy atom. The van der Waals surface area contributed by atoms with Gasteiger partial charge in [-0.25, -0.2) is 0 Å². The summed E-state index contributed by atoms with van der Waals surface area (Å²) in [6, 6.07) is 8.08. The molecule has 1 aromatic heterocycles. The smallest absolute Gasteiger partial charge is 0.0984 e. The number of hydrogen-bond donors (Lipinski definition) is 2. The first-order chi connectivity index (χ1) is 10.2. The molecule has 2 heterocycles. The number of hydrogen-bond acceptors (Lipinski definition) is 5. The van der Waals surface area contributed by atoms with Gasteiger partial charge in [0, 0.05) is 36.8 Å². The highest BCUT2D eigenvalue weighted by Crippen LogP contribution is 2.31. The summed E-state index contributed by atoms with van der Waals surface area (Å²) in [5.74, 6) is 0. The number of para-hydroxylation sites is 1. The first-order valence-corrected chi connectivity index (χ1v) is 7.31. The van der Waals surface area contributed by atoms with Crippen LogP contribution in [0.4, 0.5) is 5.69 Å². The van der Waals surface area contributed by atoms with E-state index < -0.39 is 0 Å². The van der Waals surface area contributed by atoms with Crippen molar-refractivity contribution in [1.29, 1.82) is 0 Å². The number of anilines is 1. The van der Waals surface area contributed by atoms with E-state index in [1.807, 2.05) is 31.3 Å². The summed E-state index contributed by atoms with van der Waals surface area (Å²) in [4.78, 5) is 6.74. The van der Waals surface area contributed by atoms with E-state index in [0.717, 1.165) is 28.7 Å². The third-order valence-corrected chi connectivity index (χ3v) is 3.89. The van der Waals surface area contributed by atoms with Gasteiger partial charge in [0.2, 0.25) is 0 Å². The van der Waals surface area contributed by atoms with Gasteiger partial charge >= 0.3 is 0 Å². The van der Waals surface area contributed by atoms with Gasteiger partial charge in [-0.2, -0.15) is 0 Å². The van der Waals surface area contributed by atoms with E-state index in [0.29, 0.717) is 13.1 Å². The molecule has 0 spiro atoms. The lowest BCUT2D eigenvalue weighted by atomic mass is 10.1. The maximum absolute atomic E-state index is 9.42. The fraction of sp³-hybridized carbons (Fsp3) is 0.438. The molecule has 0 saturated carbocycles. The minimum atomic E-state index is -0.161. The summed E-state index contributed by atoms with van der Waals surface area (Å²) in [7, 11) is 0. The second kappa shape index (κ2) is 5.97. The van der Waals surface area contributed by atoms with Crippen LogP contribution in [0, 0.1) is 0 Å². The van der Waals surface area contributed by atoms with Crippen molar-refractivity contribution in [2.45, 2.75) is 25.7 Å². The number of benzene rings is 1. The summed E-state index contributed by atoms with van der Waals surface area (Å²) >= 11 is 0. The Hall–Kier alpha value is -1.69. The average molecular weight is 287 g/mol. The highest BCUT2D eigenvalue weighted by molar-refractivity contribution is 5.93. The van der Waals surface area contributed by atoms with Gasteiger partial charge < -0.3 is 20.5 Å². The molecule has 0 bridgehead atoms. The summed E-state index contributed by atoms with van der Waals surface area (Å²) in [6.45, 7) is 3.96. The fourth-order valence-electron chi connectivity index (χ4n) is 3.02. The third kappa shape index (κ3) is 2.72. The molecule has 1 aromatic carbocycles. The topological polar surface area (TPSA) is 71.6 Å². The first kappa shape index (κ1) is 14.3. The predicted octanol–water partition coefficient (Wildman–Crippen LogP) is 1.28. The molecule has 5 nitrogen and oxygen atoms in total. The zero-order valence-corrected chi connectivity index (χ0v) is 12.2. The molecule has 3 rings (SSSR count). The van der Waals surface area contributed by atoms with Gasteiger partial charge in [-0.3, -0.25) is 4.98 Å². The summed E-state index contributed by atoms with van der Waals surface area (Å²) in [5.41, 5.74) is 9.01. The quantitative estimate of drug-likeness (QED) is 0.890. The van der Waals surface area contributed by atoms with E-state index in [1.54, 1.807) is 0 Å². The normalized spacial score (nSPS) is 22.7. The average Bonchev–Trinajstić information content (AvgIpc) is 2.53. The number of pyridine rings is 1. The molecule has 1 fully saturated rings. The van der Waals surface area contributed by atoms with Crippen molar-refractivity contribution in [3.8, 4) is 0 Å². The molecule has 1 aliphatic rings. The Morgan fingerprint density at radius 2 is 2.19 bits per heavy atom. The Morgan fingerprint density at radius 1 is 1.38 bits per heavy atom. The van der Waals surface area contributed by atoms with Gasteiger partial charge in [0.1, 0.15) is 0 Å². The monoisotopic (exact) mass is 287 g/mol. The maximum atomic E-state index is 9.42. The summed E-state index contributed by atoms with van der Waals surface area (Å²) < 4.78 is 5.73. The number of nitrogens with zero attached hydrogens (tertiary/aromatic N) is 2. The molecule has 5 heteroatoms. The summed E-state index contributed by atoms with van der Waals surface area (Å²) in [5, 5.41) is 10.5. The molecular formula is C16H21N3O2. The Balaban J connectivity index is 2.09. The van der Waals surface area contributed by atoms with Crippen LogP contribution in [0.15, 0.2) is 30.5 Å². The van der Waals surface area contributed by atoms with Crippen molar-refractivity contribution in [3.05, 3.63) is 36.0 Å². The highest BCUT2D eigenvalue weighted by atomic mass is 16.5. The van der Waals surface area contributed by atoms with E-state index in [4.69, 9.17) is 10.5 Å². The Bertz CT molecular complexity index is 632. The van der Waals surface area contributed by atoms with Gasteiger partial charge in [-0.1, -0.05) is 18.2 Å². The first-order valence-electron chi connectivity index (χ1n) is 7.31. The van der Waals surface area contributed by atoms with Crippen molar-refractivity contribution in [3.63, 3.8) is 0 Å². The number of rotatable bonds is 3. The number of aliphatic hydroxyl groups is 1. The number of ether oxygens (including phenoxy) is 1. The number of aliphatic hydroxyl groups excluding tert-OH is 1. The van der Waals surface area contributed by atoms with Crippen molar-refractivity contribution >= 4 is 16.6 Å². The SMILES string of the molecule is CC1CN(c2c(CN)cnc3ccccc23)CC(CO)O1. The Kier molecular flexibility index (Phi) is 4.05. The molecule has 21 heavy (non-hydrogen) atoms. The van der Waals surface area contributed by atoms with Gasteiger partial charge in [-0.15, -0.1) is 0 Å². The van der Waals surface area contributed by atoms with Crippen LogP contribution in [0.2, 0.25) is 0 Å². The molecule has 2 aromatic rings. The largest absolute Gasteiger partial charge is 0.394 e. The Labute approximate surface area is 124 Å². The molecule has 2 unspecified atom stereocenters.